The highest BCUT2D eigenvalue weighted by molar-refractivity contribution is 5.21. The molecular formula is C12H17NO. The third kappa shape index (κ3) is 1.81. The van der Waals surface area contributed by atoms with E-state index in [0.29, 0.717) is 0 Å². The van der Waals surface area contributed by atoms with Crippen LogP contribution < -0.4 is 5.32 Å². The van der Waals surface area contributed by atoms with Crippen molar-refractivity contribution in [1.82, 2.24) is 5.32 Å². The Morgan fingerprint density at radius 3 is 2.64 bits per heavy atom. The van der Waals surface area contributed by atoms with Crippen molar-refractivity contribution in [1.29, 1.82) is 0 Å². The van der Waals surface area contributed by atoms with Crippen LogP contribution in [0.1, 0.15) is 25.5 Å². The third-order valence-electron chi connectivity index (χ3n) is 2.72. The van der Waals surface area contributed by atoms with E-state index in [4.69, 9.17) is 4.74 Å². The zero-order valence-electron chi connectivity index (χ0n) is 8.79. The summed E-state index contributed by atoms with van der Waals surface area (Å²) in [6.07, 6.45) is 0.164. The summed E-state index contributed by atoms with van der Waals surface area (Å²) in [4.78, 5) is 0. The number of hydrogen-bond donors (Lipinski definition) is 1. The molecule has 1 aromatic carbocycles. The van der Waals surface area contributed by atoms with Crippen LogP contribution in [0, 0.1) is 0 Å². The second-order valence-corrected chi connectivity index (χ2v) is 4.31. The number of hydrogen-bond acceptors (Lipinski definition) is 2. The average Bonchev–Trinajstić information content (AvgIpc) is 2.18. The molecule has 0 aliphatic carbocycles. The fraction of sp³-hybridized carbons (Fsp3) is 0.500. The molecule has 1 N–H and O–H groups in total. The smallest absolute Gasteiger partial charge is 0.100 e. The van der Waals surface area contributed by atoms with Gasteiger partial charge in [0.15, 0.2) is 0 Å². The Hall–Kier alpha value is -0.860. The first-order valence-corrected chi connectivity index (χ1v) is 5.12. The first kappa shape index (κ1) is 9.69. The zero-order chi connectivity index (χ0) is 10.0. The van der Waals surface area contributed by atoms with Gasteiger partial charge >= 0.3 is 0 Å². The molecular weight excluding hydrogens is 174 g/mol. The van der Waals surface area contributed by atoms with Crippen molar-refractivity contribution in [2.45, 2.75) is 25.5 Å². The molecule has 2 heteroatoms. The van der Waals surface area contributed by atoms with Gasteiger partial charge in [-0.3, -0.25) is 0 Å². The predicted molar refractivity (Wildman–Crippen MR) is 57.2 cm³/mol. The van der Waals surface area contributed by atoms with Crippen molar-refractivity contribution >= 4 is 0 Å². The zero-order valence-corrected chi connectivity index (χ0v) is 8.79. The van der Waals surface area contributed by atoms with E-state index in [2.05, 4.69) is 43.4 Å². The number of rotatable bonds is 1. The van der Waals surface area contributed by atoms with Crippen LogP contribution in [-0.4, -0.2) is 18.7 Å². The first-order chi connectivity index (χ1) is 6.70. The fourth-order valence-corrected chi connectivity index (χ4v) is 1.99. The van der Waals surface area contributed by atoms with Crippen molar-refractivity contribution in [3.63, 3.8) is 0 Å². The summed E-state index contributed by atoms with van der Waals surface area (Å²) < 4.78 is 5.82. The van der Waals surface area contributed by atoms with E-state index in [9.17, 15) is 0 Å². The summed E-state index contributed by atoms with van der Waals surface area (Å²) in [7, 11) is 0. The second-order valence-electron chi connectivity index (χ2n) is 4.31. The van der Waals surface area contributed by atoms with Crippen LogP contribution in [0.3, 0.4) is 0 Å². The quantitative estimate of drug-likeness (QED) is 0.734. The van der Waals surface area contributed by atoms with Gasteiger partial charge in [-0.2, -0.15) is 0 Å². The van der Waals surface area contributed by atoms with E-state index in [1.165, 1.54) is 5.56 Å². The molecule has 0 aromatic heterocycles. The van der Waals surface area contributed by atoms with Gasteiger partial charge in [0.25, 0.3) is 0 Å². The van der Waals surface area contributed by atoms with E-state index < -0.39 is 0 Å². The van der Waals surface area contributed by atoms with Crippen LogP contribution in [0.4, 0.5) is 0 Å². The van der Waals surface area contributed by atoms with Crippen molar-refractivity contribution in [2.75, 3.05) is 13.2 Å². The minimum absolute atomic E-state index is 0.0274. The Morgan fingerprint density at radius 2 is 2.00 bits per heavy atom. The molecule has 1 atom stereocenters. The van der Waals surface area contributed by atoms with E-state index in [0.717, 1.165) is 13.2 Å². The standard InChI is InChI=1S/C12H17NO/c1-12(2)11(14-9-8-13-12)10-6-4-3-5-7-10/h3-7,11,13H,8-9H2,1-2H3/t11-/m1/s1. The van der Waals surface area contributed by atoms with Gasteiger partial charge < -0.3 is 10.1 Å². The maximum absolute atomic E-state index is 5.82. The van der Waals surface area contributed by atoms with Gasteiger partial charge in [-0.25, -0.2) is 0 Å². The highest BCUT2D eigenvalue weighted by Gasteiger charge is 2.33. The monoisotopic (exact) mass is 191 g/mol. The Morgan fingerprint density at radius 1 is 1.29 bits per heavy atom. The van der Waals surface area contributed by atoms with Crippen molar-refractivity contribution < 1.29 is 4.74 Å². The van der Waals surface area contributed by atoms with Gasteiger partial charge in [0.05, 0.1) is 6.61 Å². The minimum Gasteiger partial charge on any atom is -0.370 e. The molecule has 2 rings (SSSR count). The molecule has 0 bridgehead atoms. The Labute approximate surface area is 85.3 Å². The van der Waals surface area contributed by atoms with Crippen LogP contribution in [0.2, 0.25) is 0 Å². The molecule has 0 saturated carbocycles. The largest absolute Gasteiger partial charge is 0.370 e. The first-order valence-electron chi connectivity index (χ1n) is 5.12. The van der Waals surface area contributed by atoms with E-state index in [-0.39, 0.29) is 11.6 Å². The minimum atomic E-state index is 0.0274. The lowest BCUT2D eigenvalue weighted by atomic mass is 9.90. The topological polar surface area (TPSA) is 21.3 Å². The lowest BCUT2D eigenvalue weighted by Gasteiger charge is -2.39. The van der Waals surface area contributed by atoms with E-state index in [1.54, 1.807) is 0 Å². The number of ether oxygens (including phenoxy) is 1. The van der Waals surface area contributed by atoms with E-state index >= 15 is 0 Å². The normalized spacial score (nSPS) is 26.0. The van der Waals surface area contributed by atoms with Crippen molar-refractivity contribution in [3.8, 4) is 0 Å². The summed E-state index contributed by atoms with van der Waals surface area (Å²) in [6.45, 7) is 6.10. The number of nitrogens with one attached hydrogen (secondary N) is 1. The molecule has 0 spiro atoms. The summed E-state index contributed by atoms with van der Waals surface area (Å²) in [6, 6.07) is 10.4. The Bertz CT molecular complexity index is 294. The molecule has 1 saturated heterocycles. The molecule has 1 aliphatic rings. The molecule has 1 fully saturated rings. The molecule has 1 aromatic rings. The summed E-state index contributed by atoms with van der Waals surface area (Å²) in [5.74, 6) is 0. The highest BCUT2D eigenvalue weighted by atomic mass is 16.5. The molecule has 0 amide bonds. The van der Waals surface area contributed by atoms with Crippen LogP contribution in [-0.2, 0) is 4.74 Å². The van der Waals surface area contributed by atoms with Crippen molar-refractivity contribution in [3.05, 3.63) is 35.9 Å². The Kier molecular flexibility index (Phi) is 2.57. The predicted octanol–water partition coefficient (Wildman–Crippen LogP) is 2.13. The highest BCUT2D eigenvalue weighted by Crippen LogP contribution is 2.31. The van der Waals surface area contributed by atoms with Gasteiger partial charge in [-0.1, -0.05) is 30.3 Å². The number of morpholine rings is 1. The van der Waals surface area contributed by atoms with Gasteiger partial charge in [-0.15, -0.1) is 0 Å². The fourth-order valence-electron chi connectivity index (χ4n) is 1.99. The molecule has 0 radical (unpaired) electrons. The van der Waals surface area contributed by atoms with Crippen LogP contribution in [0.15, 0.2) is 30.3 Å². The van der Waals surface area contributed by atoms with Gasteiger partial charge in [0, 0.05) is 12.1 Å². The molecule has 1 aliphatic heterocycles. The molecule has 1 heterocycles. The van der Waals surface area contributed by atoms with E-state index in [1.807, 2.05) is 6.07 Å². The van der Waals surface area contributed by atoms with Gasteiger partial charge in [0.1, 0.15) is 6.10 Å². The van der Waals surface area contributed by atoms with Gasteiger partial charge in [-0.05, 0) is 19.4 Å². The summed E-state index contributed by atoms with van der Waals surface area (Å²) >= 11 is 0. The molecule has 0 unspecified atom stereocenters. The summed E-state index contributed by atoms with van der Waals surface area (Å²) in [5.41, 5.74) is 1.28. The maximum Gasteiger partial charge on any atom is 0.100 e. The lowest BCUT2D eigenvalue weighted by molar-refractivity contribution is -0.0388. The molecule has 76 valence electrons. The summed E-state index contributed by atoms with van der Waals surface area (Å²) in [5, 5.41) is 3.48. The maximum atomic E-state index is 5.82. The second kappa shape index (κ2) is 3.71. The third-order valence-corrected chi connectivity index (χ3v) is 2.72. The molecule has 14 heavy (non-hydrogen) atoms. The van der Waals surface area contributed by atoms with Gasteiger partial charge in [0.2, 0.25) is 0 Å². The lowest BCUT2D eigenvalue weighted by Crippen LogP contribution is -2.51. The average molecular weight is 191 g/mol. The Balaban J connectivity index is 2.24. The van der Waals surface area contributed by atoms with Crippen molar-refractivity contribution in [2.24, 2.45) is 0 Å². The van der Waals surface area contributed by atoms with Crippen LogP contribution in [0.5, 0.6) is 0 Å². The SMILES string of the molecule is CC1(C)NCCO[C@@H]1c1ccccc1. The van der Waals surface area contributed by atoms with Crippen LogP contribution in [0.25, 0.3) is 0 Å². The molecule has 2 nitrogen and oxygen atoms in total. The van der Waals surface area contributed by atoms with Crippen LogP contribution >= 0.6 is 0 Å². The number of benzene rings is 1.